The van der Waals surface area contributed by atoms with E-state index in [1.807, 2.05) is 6.92 Å². The van der Waals surface area contributed by atoms with Crippen molar-refractivity contribution in [2.75, 3.05) is 32.7 Å². The molecule has 1 aromatic rings. The van der Waals surface area contributed by atoms with Crippen LogP contribution in [0.4, 0.5) is 4.39 Å². The van der Waals surface area contributed by atoms with E-state index in [0.717, 1.165) is 32.5 Å². The summed E-state index contributed by atoms with van der Waals surface area (Å²) in [6.45, 7) is 7.61. The van der Waals surface area contributed by atoms with Crippen LogP contribution in [0.15, 0.2) is 24.3 Å². The van der Waals surface area contributed by atoms with E-state index in [2.05, 4.69) is 22.5 Å². The Morgan fingerprint density at radius 3 is 2.54 bits per heavy atom. The lowest BCUT2D eigenvalue weighted by Gasteiger charge is -2.38. The second-order valence-corrected chi connectivity index (χ2v) is 6.55. The Morgan fingerprint density at radius 1 is 1.21 bits per heavy atom. The first-order valence-corrected chi connectivity index (χ1v) is 8.49. The molecule has 0 unspecified atom stereocenters. The third-order valence-corrected chi connectivity index (χ3v) is 4.57. The van der Waals surface area contributed by atoms with Gasteiger partial charge in [0.2, 0.25) is 5.91 Å². The second kappa shape index (κ2) is 8.24. The number of likely N-dealkylation sites (tertiary alicyclic amines) is 1. The first kappa shape index (κ1) is 18.4. The van der Waals surface area contributed by atoms with Gasteiger partial charge >= 0.3 is 0 Å². The maximum Gasteiger partial charge on any atom is 0.251 e. The van der Waals surface area contributed by atoms with E-state index in [0.29, 0.717) is 18.7 Å². The third kappa shape index (κ3) is 4.77. The number of amides is 2. The van der Waals surface area contributed by atoms with Crippen LogP contribution in [-0.4, -0.2) is 49.4 Å². The molecule has 0 aromatic heterocycles. The van der Waals surface area contributed by atoms with Crippen molar-refractivity contribution in [3.8, 4) is 0 Å². The largest absolute Gasteiger partial charge is 0.354 e. The van der Waals surface area contributed by atoms with Crippen LogP contribution >= 0.6 is 0 Å². The first-order valence-electron chi connectivity index (χ1n) is 8.49. The fraction of sp³-hybridized carbons (Fsp3) is 0.556. The van der Waals surface area contributed by atoms with Crippen LogP contribution in [0, 0.1) is 11.2 Å². The number of hydrogen-bond donors (Lipinski definition) is 2. The number of nitrogens with zero attached hydrogens (tertiary/aromatic N) is 1. The first-order chi connectivity index (χ1) is 11.4. The molecule has 2 N–H and O–H groups in total. The highest BCUT2D eigenvalue weighted by molar-refractivity contribution is 5.94. The molecule has 0 saturated carbocycles. The number of benzene rings is 1. The lowest BCUT2D eigenvalue weighted by Crippen LogP contribution is -2.51. The summed E-state index contributed by atoms with van der Waals surface area (Å²) in [6.07, 6.45) is 1.91. The van der Waals surface area contributed by atoms with Gasteiger partial charge < -0.3 is 15.5 Å². The summed E-state index contributed by atoms with van der Waals surface area (Å²) in [5, 5.41) is 5.64. The summed E-state index contributed by atoms with van der Waals surface area (Å²) in [4.78, 5) is 26.6. The number of piperidine rings is 1. The van der Waals surface area contributed by atoms with Crippen LogP contribution in [-0.2, 0) is 4.79 Å². The molecule has 6 heteroatoms. The van der Waals surface area contributed by atoms with Crippen LogP contribution in [0.25, 0.3) is 0 Å². The fourth-order valence-corrected chi connectivity index (χ4v) is 3.07. The number of hydrogen-bond acceptors (Lipinski definition) is 3. The second-order valence-electron chi connectivity index (χ2n) is 6.55. The minimum atomic E-state index is -0.374. The molecule has 2 rings (SSSR count). The van der Waals surface area contributed by atoms with E-state index in [1.54, 1.807) is 0 Å². The maximum absolute atomic E-state index is 12.8. The highest BCUT2D eigenvalue weighted by Gasteiger charge is 2.36. The molecule has 1 fully saturated rings. The normalized spacial score (nSPS) is 21.3. The standard InChI is InChI=1S/C18H26FN3O2/c1-3-22-12-4-9-18(2,13-22)17(24)21-11-10-20-16(23)14-5-7-15(19)8-6-14/h5-8H,3-4,9-13H2,1-2H3,(H,20,23)(H,21,24)/t18-/m1/s1. The summed E-state index contributed by atoms with van der Waals surface area (Å²) < 4.78 is 12.8. The van der Waals surface area contributed by atoms with Crippen molar-refractivity contribution in [1.29, 1.82) is 0 Å². The van der Waals surface area contributed by atoms with Crippen LogP contribution < -0.4 is 10.6 Å². The highest BCUT2D eigenvalue weighted by atomic mass is 19.1. The molecule has 0 spiro atoms. The molecule has 5 nitrogen and oxygen atoms in total. The van der Waals surface area contributed by atoms with Gasteiger partial charge in [-0.25, -0.2) is 4.39 Å². The summed E-state index contributed by atoms with van der Waals surface area (Å²) >= 11 is 0. The van der Waals surface area contributed by atoms with E-state index in [9.17, 15) is 14.0 Å². The number of carbonyl (C=O) groups excluding carboxylic acids is 2. The fourth-order valence-electron chi connectivity index (χ4n) is 3.07. The molecule has 2 amide bonds. The molecular formula is C18H26FN3O2. The van der Waals surface area contributed by atoms with Crippen LogP contribution in [0.1, 0.15) is 37.0 Å². The number of halogens is 1. The minimum Gasteiger partial charge on any atom is -0.354 e. The van der Waals surface area contributed by atoms with Crippen molar-refractivity contribution in [3.63, 3.8) is 0 Å². The molecule has 0 aliphatic carbocycles. The average molecular weight is 335 g/mol. The zero-order valence-electron chi connectivity index (χ0n) is 14.4. The van der Waals surface area contributed by atoms with Crippen molar-refractivity contribution in [3.05, 3.63) is 35.6 Å². The van der Waals surface area contributed by atoms with E-state index in [4.69, 9.17) is 0 Å². The summed E-state index contributed by atoms with van der Waals surface area (Å²) in [5.74, 6) is -0.609. The third-order valence-electron chi connectivity index (χ3n) is 4.57. The maximum atomic E-state index is 12.8. The monoisotopic (exact) mass is 335 g/mol. The lowest BCUT2D eigenvalue weighted by molar-refractivity contribution is -0.133. The quantitative estimate of drug-likeness (QED) is 0.779. The summed E-state index contributed by atoms with van der Waals surface area (Å²) in [6, 6.07) is 5.37. The number of nitrogens with one attached hydrogen (secondary N) is 2. The molecule has 1 aliphatic rings. The van der Waals surface area contributed by atoms with E-state index >= 15 is 0 Å². The van der Waals surface area contributed by atoms with Crippen molar-refractivity contribution in [2.45, 2.75) is 26.7 Å². The van der Waals surface area contributed by atoms with E-state index in [1.165, 1.54) is 24.3 Å². The van der Waals surface area contributed by atoms with Crippen LogP contribution in [0.5, 0.6) is 0 Å². The smallest absolute Gasteiger partial charge is 0.251 e. The topological polar surface area (TPSA) is 61.4 Å². The molecule has 1 saturated heterocycles. The van der Waals surface area contributed by atoms with E-state index in [-0.39, 0.29) is 23.0 Å². The Hall–Kier alpha value is -1.95. The average Bonchev–Trinajstić information content (AvgIpc) is 2.58. The number of carbonyl (C=O) groups is 2. The molecule has 1 heterocycles. The molecule has 1 aliphatic heterocycles. The van der Waals surface area contributed by atoms with Crippen LogP contribution in [0.3, 0.4) is 0 Å². The molecule has 132 valence electrons. The molecule has 0 bridgehead atoms. The van der Waals surface area contributed by atoms with Gasteiger partial charge in [0.05, 0.1) is 5.41 Å². The SMILES string of the molecule is CCN1CCC[C@@](C)(C(=O)NCCNC(=O)c2ccc(F)cc2)C1. The van der Waals surface area contributed by atoms with Crippen molar-refractivity contribution in [2.24, 2.45) is 5.41 Å². The Balaban J connectivity index is 1.74. The summed E-state index contributed by atoms with van der Waals surface area (Å²) in [7, 11) is 0. The Labute approximate surface area is 142 Å². The molecule has 1 atom stereocenters. The van der Waals surface area contributed by atoms with Crippen LogP contribution in [0.2, 0.25) is 0 Å². The van der Waals surface area contributed by atoms with Gasteiger partial charge in [-0.2, -0.15) is 0 Å². The Morgan fingerprint density at radius 2 is 1.88 bits per heavy atom. The molecule has 1 aromatic carbocycles. The lowest BCUT2D eigenvalue weighted by atomic mass is 9.81. The number of rotatable bonds is 6. The Bertz CT molecular complexity index is 576. The molecule has 0 radical (unpaired) electrons. The van der Waals surface area contributed by atoms with Gasteiger partial charge in [0.25, 0.3) is 5.91 Å². The van der Waals surface area contributed by atoms with Gasteiger partial charge in [0.15, 0.2) is 0 Å². The zero-order valence-corrected chi connectivity index (χ0v) is 14.4. The van der Waals surface area contributed by atoms with Gasteiger partial charge in [0.1, 0.15) is 5.82 Å². The zero-order chi connectivity index (χ0) is 17.6. The van der Waals surface area contributed by atoms with Crippen molar-refractivity contribution < 1.29 is 14.0 Å². The van der Waals surface area contributed by atoms with Gasteiger partial charge in [-0.1, -0.05) is 6.92 Å². The van der Waals surface area contributed by atoms with E-state index < -0.39 is 0 Å². The van der Waals surface area contributed by atoms with Gasteiger partial charge in [-0.05, 0) is 57.1 Å². The van der Waals surface area contributed by atoms with Gasteiger partial charge in [-0.15, -0.1) is 0 Å². The van der Waals surface area contributed by atoms with Gasteiger partial charge in [0, 0.05) is 25.2 Å². The Kier molecular flexibility index (Phi) is 6.31. The molecular weight excluding hydrogens is 309 g/mol. The van der Waals surface area contributed by atoms with Crippen molar-refractivity contribution in [1.82, 2.24) is 15.5 Å². The van der Waals surface area contributed by atoms with Gasteiger partial charge in [-0.3, -0.25) is 9.59 Å². The highest BCUT2D eigenvalue weighted by Crippen LogP contribution is 2.29. The predicted octanol–water partition coefficient (Wildman–Crippen LogP) is 1.79. The predicted molar refractivity (Wildman–Crippen MR) is 91.2 cm³/mol. The summed E-state index contributed by atoms with van der Waals surface area (Å²) in [5.41, 5.74) is 0.0374. The minimum absolute atomic E-state index is 0.0386. The van der Waals surface area contributed by atoms with Crippen molar-refractivity contribution >= 4 is 11.8 Å². The molecule has 24 heavy (non-hydrogen) atoms.